The van der Waals surface area contributed by atoms with Crippen LogP contribution in [0, 0.1) is 9.39 Å². The van der Waals surface area contributed by atoms with Crippen LogP contribution in [0.4, 0.5) is 4.39 Å². The molecule has 2 aromatic rings. The minimum Gasteiger partial charge on any atom is -0.313 e. The zero-order valence-corrected chi connectivity index (χ0v) is 14.2. The number of rotatable bonds is 4. The minimum absolute atomic E-state index is 0.108. The molecule has 1 atom stereocenters. The SMILES string of the molecule is CNC(Cc1cc(Br)ccc1F)c1ccccc1I. The van der Waals surface area contributed by atoms with Gasteiger partial charge >= 0.3 is 0 Å². The van der Waals surface area contributed by atoms with Crippen LogP contribution in [0.15, 0.2) is 46.9 Å². The largest absolute Gasteiger partial charge is 0.313 e. The highest BCUT2D eigenvalue weighted by Gasteiger charge is 2.15. The van der Waals surface area contributed by atoms with Crippen LogP contribution in [-0.2, 0) is 6.42 Å². The molecule has 1 N–H and O–H groups in total. The molecule has 0 spiro atoms. The summed E-state index contributed by atoms with van der Waals surface area (Å²) in [7, 11) is 1.91. The number of hydrogen-bond acceptors (Lipinski definition) is 1. The van der Waals surface area contributed by atoms with E-state index in [-0.39, 0.29) is 11.9 Å². The zero-order chi connectivity index (χ0) is 13.8. The standard InChI is InChI=1S/C15H14BrFIN/c1-19-15(12-4-2-3-5-14(12)18)9-10-8-11(16)6-7-13(10)17/h2-8,15,19H,9H2,1H3. The molecule has 1 unspecified atom stereocenters. The maximum atomic E-state index is 13.8. The van der Waals surface area contributed by atoms with Crippen molar-refractivity contribution in [2.24, 2.45) is 0 Å². The van der Waals surface area contributed by atoms with Crippen LogP contribution in [0.5, 0.6) is 0 Å². The molecule has 0 radical (unpaired) electrons. The first-order chi connectivity index (χ1) is 9.11. The molecular weight excluding hydrogens is 420 g/mol. The van der Waals surface area contributed by atoms with E-state index in [9.17, 15) is 4.39 Å². The molecule has 0 aliphatic heterocycles. The Kier molecular flexibility index (Phi) is 5.36. The van der Waals surface area contributed by atoms with Crippen molar-refractivity contribution in [2.75, 3.05) is 7.05 Å². The van der Waals surface area contributed by atoms with Crippen LogP contribution >= 0.6 is 38.5 Å². The smallest absolute Gasteiger partial charge is 0.126 e. The van der Waals surface area contributed by atoms with Crippen molar-refractivity contribution in [3.05, 3.63) is 67.5 Å². The molecule has 0 heterocycles. The van der Waals surface area contributed by atoms with Gasteiger partial charge in [-0.3, -0.25) is 0 Å². The lowest BCUT2D eigenvalue weighted by Crippen LogP contribution is -2.20. The Morgan fingerprint density at radius 3 is 2.68 bits per heavy atom. The Morgan fingerprint density at radius 1 is 1.26 bits per heavy atom. The van der Waals surface area contributed by atoms with Crippen molar-refractivity contribution < 1.29 is 4.39 Å². The molecule has 0 saturated carbocycles. The predicted molar refractivity (Wildman–Crippen MR) is 88.8 cm³/mol. The Hall–Kier alpha value is -0.460. The molecule has 100 valence electrons. The van der Waals surface area contributed by atoms with Gasteiger partial charge in [-0.15, -0.1) is 0 Å². The van der Waals surface area contributed by atoms with Gasteiger partial charge in [0.1, 0.15) is 5.82 Å². The molecule has 0 saturated heterocycles. The van der Waals surface area contributed by atoms with Crippen molar-refractivity contribution >= 4 is 38.5 Å². The van der Waals surface area contributed by atoms with Crippen LogP contribution in [0.3, 0.4) is 0 Å². The molecule has 0 aliphatic rings. The first-order valence-corrected chi connectivity index (χ1v) is 7.84. The van der Waals surface area contributed by atoms with Crippen LogP contribution < -0.4 is 5.32 Å². The first kappa shape index (κ1) is 14.9. The van der Waals surface area contributed by atoms with Crippen molar-refractivity contribution in [1.82, 2.24) is 5.32 Å². The molecule has 0 bridgehead atoms. The third kappa shape index (κ3) is 3.77. The lowest BCUT2D eigenvalue weighted by Gasteiger charge is -2.18. The van der Waals surface area contributed by atoms with Gasteiger partial charge in [0.2, 0.25) is 0 Å². The molecule has 0 aliphatic carbocycles. The number of hydrogen-bond donors (Lipinski definition) is 1. The Labute approximate surface area is 134 Å². The van der Waals surface area contributed by atoms with Gasteiger partial charge in [-0.2, -0.15) is 0 Å². The van der Waals surface area contributed by atoms with E-state index in [2.05, 4.69) is 56.0 Å². The van der Waals surface area contributed by atoms with E-state index in [1.165, 1.54) is 15.2 Å². The lowest BCUT2D eigenvalue weighted by molar-refractivity contribution is 0.552. The van der Waals surface area contributed by atoms with Crippen molar-refractivity contribution in [2.45, 2.75) is 12.5 Å². The Balaban J connectivity index is 2.29. The number of benzene rings is 2. The van der Waals surface area contributed by atoms with Gasteiger partial charge in [0.05, 0.1) is 0 Å². The topological polar surface area (TPSA) is 12.0 Å². The summed E-state index contributed by atoms with van der Waals surface area (Å²) in [6, 6.07) is 13.3. The summed E-state index contributed by atoms with van der Waals surface area (Å²) in [6.07, 6.45) is 0.627. The maximum Gasteiger partial charge on any atom is 0.126 e. The fourth-order valence-corrected chi connectivity index (χ4v) is 3.22. The molecule has 0 fully saturated rings. The van der Waals surface area contributed by atoms with Crippen molar-refractivity contribution in [1.29, 1.82) is 0 Å². The van der Waals surface area contributed by atoms with Gasteiger partial charge in [-0.05, 0) is 71.5 Å². The van der Waals surface area contributed by atoms with Crippen LogP contribution in [0.2, 0.25) is 0 Å². The molecule has 19 heavy (non-hydrogen) atoms. The molecule has 2 aromatic carbocycles. The Morgan fingerprint density at radius 2 is 2.00 bits per heavy atom. The highest BCUT2D eigenvalue weighted by atomic mass is 127. The summed E-state index contributed by atoms with van der Waals surface area (Å²) in [5, 5.41) is 3.27. The fourth-order valence-electron chi connectivity index (χ4n) is 2.04. The van der Waals surface area contributed by atoms with Gasteiger partial charge in [-0.1, -0.05) is 34.1 Å². The number of nitrogens with one attached hydrogen (secondary N) is 1. The lowest BCUT2D eigenvalue weighted by atomic mass is 9.99. The zero-order valence-electron chi connectivity index (χ0n) is 10.5. The van der Waals surface area contributed by atoms with Gasteiger partial charge in [0.15, 0.2) is 0 Å². The number of halogens is 3. The highest BCUT2D eigenvalue weighted by Crippen LogP contribution is 2.25. The van der Waals surface area contributed by atoms with E-state index in [0.717, 1.165) is 4.47 Å². The average molecular weight is 434 g/mol. The van der Waals surface area contributed by atoms with Crippen LogP contribution in [-0.4, -0.2) is 7.05 Å². The molecular formula is C15H14BrFIN. The first-order valence-electron chi connectivity index (χ1n) is 5.97. The second-order valence-electron chi connectivity index (χ2n) is 4.30. The number of likely N-dealkylation sites (N-methyl/N-ethyl adjacent to an activating group) is 1. The molecule has 1 nitrogen and oxygen atoms in total. The van der Waals surface area contributed by atoms with Crippen LogP contribution in [0.25, 0.3) is 0 Å². The molecule has 4 heteroatoms. The van der Waals surface area contributed by atoms with Crippen LogP contribution in [0.1, 0.15) is 17.2 Å². The fraction of sp³-hybridized carbons (Fsp3) is 0.200. The second kappa shape index (κ2) is 6.81. The van der Waals surface area contributed by atoms with Gasteiger partial charge in [-0.25, -0.2) is 4.39 Å². The minimum atomic E-state index is -0.158. The maximum absolute atomic E-state index is 13.8. The molecule has 2 rings (SSSR count). The summed E-state index contributed by atoms with van der Waals surface area (Å²) < 4.78 is 15.9. The van der Waals surface area contributed by atoms with Gasteiger partial charge in [0, 0.05) is 14.1 Å². The van der Waals surface area contributed by atoms with Crippen molar-refractivity contribution in [3.63, 3.8) is 0 Å². The summed E-state index contributed by atoms with van der Waals surface area (Å²) in [6.45, 7) is 0. The summed E-state index contributed by atoms with van der Waals surface area (Å²) in [4.78, 5) is 0. The predicted octanol–water partition coefficient (Wildman–Crippen LogP) is 4.70. The van der Waals surface area contributed by atoms with E-state index in [4.69, 9.17) is 0 Å². The Bertz CT molecular complexity index is 574. The summed E-state index contributed by atoms with van der Waals surface area (Å²) in [5.74, 6) is -0.158. The highest BCUT2D eigenvalue weighted by molar-refractivity contribution is 14.1. The molecule has 0 aromatic heterocycles. The third-order valence-corrected chi connectivity index (χ3v) is 4.54. The monoisotopic (exact) mass is 433 g/mol. The van der Waals surface area contributed by atoms with Crippen molar-refractivity contribution in [3.8, 4) is 0 Å². The van der Waals surface area contributed by atoms with E-state index in [1.807, 2.05) is 25.2 Å². The second-order valence-corrected chi connectivity index (χ2v) is 6.38. The quantitative estimate of drug-likeness (QED) is 0.689. The van der Waals surface area contributed by atoms with Gasteiger partial charge in [0.25, 0.3) is 0 Å². The van der Waals surface area contributed by atoms with E-state index < -0.39 is 0 Å². The van der Waals surface area contributed by atoms with E-state index >= 15 is 0 Å². The normalized spacial score (nSPS) is 12.4. The third-order valence-electron chi connectivity index (χ3n) is 3.06. The van der Waals surface area contributed by atoms with E-state index in [0.29, 0.717) is 12.0 Å². The molecule has 0 amide bonds. The summed E-state index contributed by atoms with van der Waals surface area (Å²) >= 11 is 5.70. The van der Waals surface area contributed by atoms with Gasteiger partial charge < -0.3 is 5.32 Å². The van der Waals surface area contributed by atoms with E-state index in [1.54, 1.807) is 6.07 Å². The average Bonchev–Trinajstić information content (AvgIpc) is 2.41. The summed E-state index contributed by atoms with van der Waals surface area (Å²) in [5.41, 5.74) is 1.92.